The van der Waals surface area contributed by atoms with E-state index in [1.807, 2.05) is 12.1 Å². The first kappa shape index (κ1) is 24.3. The molecule has 2 aliphatic carbocycles. The Balaban J connectivity index is 1.41. The van der Waals surface area contributed by atoms with Gasteiger partial charge in [-0.15, -0.1) is 0 Å². The number of rotatable bonds is 8. The topological polar surface area (TPSA) is 75.8 Å². The Kier molecular flexibility index (Phi) is 7.78. The lowest BCUT2D eigenvalue weighted by Gasteiger charge is -2.35. The molecule has 2 fully saturated rings. The quantitative estimate of drug-likeness (QED) is 0.472. The van der Waals surface area contributed by atoms with E-state index in [9.17, 15) is 9.59 Å². The van der Waals surface area contributed by atoms with Gasteiger partial charge in [0.25, 0.3) is 5.91 Å². The maximum Gasteiger partial charge on any atom is 0.257 e. The summed E-state index contributed by atoms with van der Waals surface area (Å²) in [5.74, 6) is 2.03. The highest BCUT2D eigenvalue weighted by molar-refractivity contribution is 6.31. The van der Waals surface area contributed by atoms with Crippen LogP contribution >= 0.6 is 11.6 Å². The summed E-state index contributed by atoms with van der Waals surface area (Å²) in [7, 11) is 1.75. The highest BCUT2D eigenvalue weighted by Crippen LogP contribution is 2.42. The van der Waals surface area contributed by atoms with Crippen molar-refractivity contribution in [2.24, 2.45) is 28.5 Å². The zero-order chi connectivity index (χ0) is 23.4. The summed E-state index contributed by atoms with van der Waals surface area (Å²) in [6.07, 6.45) is 13.9. The highest BCUT2D eigenvalue weighted by atomic mass is 35.5. The third-order valence-electron chi connectivity index (χ3n) is 8.20. The Labute approximate surface area is 203 Å². The molecule has 0 bridgehead atoms. The molecule has 33 heavy (non-hydrogen) atoms. The van der Waals surface area contributed by atoms with Crippen molar-refractivity contribution in [1.29, 1.82) is 0 Å². The summed E-state index contributed by atoms with van der Waals surface area (Å²) in [5, 5.41) is 0.599. The van der Waals surface area contributed by atoms with E-state index in [0.717, 1.165) is 44.9 Å². The summed E-state index contributed by atoms with van der Waals surface area (Å²) in [6, 6.07) is 7.23. The lowest BCUT2D eigenvalue weighted by atomic mass is 9.71. The smallest absolute Gasteiger partial charge is 0.257 e. The third-order valence-corrected chi connectivity index (χ3v) is 8.44. The second-order valence-electron chi connectivity index (χ2n) is 10.6. The lowest BCUT2D eigenvalue weighted by Crippen LogP contribution is -2.44. The molecule has 1 heterocycles. The largest absolute Gasteiger partial charge is 0.369 e. The number of benzene rings is 1. The predicted octanol–water partition coefficient (Wildman–Crippen LogP) is 6.00. The minimum Gasteiger partial charge on any atom is -0.369 e. The first-order valence-electron chi connectivity index (χ1n) is 12.8. The monoisotopic (exact) mass is 471 g/mol. The summed E-state index contributed by atoms with van der Waals surface area (Å²) >= 11 is 6.08. The fourth-order valence-electron chi connectivity index (χ4n) is 6.37. The molecule has 0 unspecified atom stereocenters. The van der Waals surface area contributed by atoms with Crippen LogP contribution in [0.2, 0.25) is 5.02 Å². The molecule has 1 aliphatic heterocycles. The number of nitrogens with two attached hydrogens (primary N) is 1. The van der Waals surface area contributed by atoms with Crippen LogP contribution in [-0.4, -0.2) is 35.1 Å². The number of nitrogens with zero attached hydrogens (tertiary/aromatic N) is 2. The number of guanidine groups is 1. The van der Waals surface area contributed by atoms with Crippen LogP contribution in [0.4, 0.5) is 0 Å². The van der Waals surface area contributed by atoms with E-state index in [-0.39, 0.29) is 11.7 Å². The number of halogens is 1. The second-order valence-corrected chi connectivity index (χ2v) is 11.1. The average molecular weight is 472 g/mol. The van der Waals surface area contributed by atoms with Gasteiger partial charge < -0.3 is 5.73 Å². The van der Waals surface area contributed by atoms with Gasteiger partial charge in [-0.05, 0) is 62.0 Å². The number of ketones is 1. The summed E-state index contributed by atoms with van der Waals surface area (Å²) < 4.78 is 0. The molecule has 0 spiro atoms. The van der Waals surface area contributed by atoms with Crippen LogP contribution in [0, 0.1) is 17.8 Å². The van der Waals surface area contributed by atoms with Crippen LogP contribution in [0.25, 0.3) is 0 Å². The molecule has 5 nitrogen and oxygen atoms in total. The Hall–Kier alpha value is -1.88. The first-order valence-corrected chi connectivity index (χ1v) is 13.2. The average Bonchev–Trinajstić information content (AvgIpc) is 3.02. The Bertz CT molecular complexity index is 895. The van der Waals surface area contributed by atoms with Crippen LogP contribution in [0.3, 0.4) is 0 Å². The molecule has 1 aromatic carbocycles. The molecule has 3 aliphatic rings. The van der Waals surface area contributed by atoms with Gasteiger partial charge in [0.1, 0.15) is 5.54 Å². The number of carbonyl (C=O) groups is 2. The van der Waals surface area contributed by atoms with Crippen molar-refractivity contribution in [1.82, 2.24) is 4.90 Å². The second kappa shape index (κ2) is 10.6. The van der Waals surface area contributed by atoms with E-state index in [1.165, 1.54) is 32.1 Å². The van der Waals surface area contributed by atoms with Crippen molar-refractivity contribution in [2.45, 2.75) is 89.0 Å². The maximum absolute atomic E-state index is 13.3. The predicted molar refractivity (Wildman–Crippen MR) is 133 cm³/mol. The van der Waals surface area contributed by atoms with Gasteiger partial charge in [-0.1, -0.05) is 68.7 Å². The molecule has 6 heteroatoms. The summed E-state index contributed by atoms with van der Waals surface area (Å²) in [4.78, 5) is 32.5. The normalized spacial score (nSPS) is 28.7. The SMILES string of the molecule is CN1C(=O)[C@@](CCC2CCCCC2)(C[C@H]2CCC[C@@H](CC(=O)c3cccc(Cl)c3)C2)N=C1N. The fraction of sp³-hybridized carbons (Fsp3) is 0.667. The number of aliphatic imine (C=N–C) groups is 1. The molecule has 2 saturated carbocycles. The molecule has 1 aromatic rings. The number of amides is 1. The molecule has 1 amide bonds. The van der Waals surface area contributed by atoms with E-state index in [2.05, 4.69) is 0 Å². The molecular formula is C27H38ClN3O2. The number of likely N-dealkylation sites (N-methyl/N-ethyl adjacent to an activating group) is 1. The Morgan fingerprint density at radius 2 is 1.85 bits per heavy atom. The molecule has 0 radical (unpaired) electrons. The van der Waals surface area contributed by atoms with Crippen LogP contribution in [0.5, 0.6) is 0 Å². The molecule has 0 saturated heterocycles. The maximum atomic E-state index is 13.3. The van der Waals surface area contributed by atoms with Gasteiger partial charge in [0.15, 0.2) is 11.7 Å². The molecule has 4 rings (SSSR count). The summed E-state index contributed by atoms with van der Waals surface area (Å²) in [6.45, 7) is 0. The standard InChI is InChI=1S/C27H38ClN3O2/c1-31-25(33)27(30-26(31)29,14-13-19-7-3-2-4-8-19)18-21-10-5-9-20(15-21)16-24(32)22-11-6-12-23(28)17-22/h6,11-12,17,19-21H,2-5,7-10,13-16,18H2,1H3,(H2,29,30)/t20-,21+,27-/m1/s1. The van der Waals surface area contributed by atoms with Gasteiger partial charge >= 0.3 is 0 Å². The van der Waals surface area contributed by atoms with Crippen LogP contribution in [-0.2, 0) is 4.79 Å². The van der Waals surface area contributed by atoms with E-state index >= 15 is 0 Å². The van der Waals surface area contributed by atoms with Gasteiger partial charge in [0.2, 0.25) is 0 Å². The zero-order valence-electron chi connectivity index (χ0n) is 19.9. The first-order chi connectivity index (χ1) is 15.9. The molecular weight excluding hydrogens is 434 g/mol. The highest BCUT2D eigenvalue weighted by Gasteiger charge is 2.48. The van der Waals surface area contributed by atoms with Crippen molar-refractivity contribution in [2.75, 3.05) is 7.05 Å². The van der Waals surface area contributed by atoms with Crippen LogP contribution in [0.15, 0.2) is 29.3 Å². The van der Waals surface area contributed by atoms with Crippen LogP contribution in [0.1, 0.15) is 93.8 Å². The summed E-state index contributed by atoms with van der Waals surface area (Å²) in [5.41, 5.74) is 6.11. The number of hydrogen-bond acceptors (Lipinski definition) is 4. The van der Waals surface area contributed by atoms with Gasteiger partial charge in [-0.3, -0.25) is 14.5 Å². The van der Waals surface area contributed by atoms with E-state index in [0.29, 0.717) is 40.7 Å². The minimum absolute atomic E-state index is 0.0629. The van der Waals surface area contributed by atoms with Crippen LogP contribution < -0.4 is 5.73 Å². The van der Waals surface area contributed by atoms with E-state index in [1.54, 1.807) is 24.1 Å². The van der Waals surface area contributed by atoms with Gasteiger partial charge in [-0.25, -0.2) is 4.99 Å². The number of Topliss-reactive ketones (excluding diaryl/α,β-unsaturated/α-hetero) is 1. The Morgan fingerprint density at radius 1 is 1.12 bits per heavy atom. The minimum atomic E-state index is -0.709. The van der Waals surface area contributed by atoms with Gasteiger partial charge in [0, 0.05) is 24.1 Å². The molecule has 0 aromatic heterocycles. The number of hydrogen-bond donors (Lipinski definition) is 1. The van der Waals surface area contributed by atoms with Crippen molar-refractivity contribution < 1.29 is 9.59 Å². The van der Waals surface area contributed by atoms with E-state index < -0.39 is 5.54 Å². The lowest BCUT2D eigenvalue weighted by molar-refractivity contribution is -0.131. The number of carbonyl (C=O) groups excluding carboxylic acids is 2. The zero-order valence-corrected chi connectivity index (χ0v) is 20.7. The molecule has 3 atom stereocenters. The molecule has 2 N–H and O–H groups in total. The molecule has 180 valence electrons. The van der Waals surface area contributed by atoms with Crippen molar-refractivity contribution in [3.63, 3.8) is 0 Å². The Morgan fingerprint density at radius 3 is 2.55 bits per heavy atom. The third kappa shape index (κ3) is 5.79. The van der Waals surface area contributed by atoms with Gasteiger partial charge in [-0.2, -0.15) is 0 Å². The van der Waals surface area contributed by atoms with Gasteiger partial charge in [0.05, 0.1) is 0 Å². The van der Waals surface area contributed by atoms with E-state index in [4.69, 9.17) is 22.3 Å². The van der Waals surface area contributed by atoms with Crippen molar-refractivity contribution in [3.05, 3.63) is 34.9 Å². The fourth-order valence-corrected chi connectivity index (χ4v) is 6.56. The van der Waals surface area contributed by atoms with Crippen molar-refractivity contribution >= 4 is 29.3 Å². The van der Waals surface area contributed by atoms with Crippen molar-refractivity contribution in [3.8, 4) is 0 Å².